The van der Waals surface area contributed by atoms with E-state index < -0.39 is 23.5 Å². The van der Waals surface area contributed by atoms with Crippen molar-refractivity contribution in [2.24, 2.45) is 0 Å². The van der Waals surface area contributed by atoms with Crippen LogP contribution in [-0.4, -0.2) is 28.4 Å². The molecule has 0 saturated carbocycles. The molecule has 10 heteroatoms. The molecule has 1 aliphatic rings. The molecule has 2 heterocycles. The highest BCUT2D eigenvalue weighted by molar-refractivity contribution is 5.95. The van der Waals surface area contributed by atoms with Crippen LogP contribution in [0.15, 0.2) is 30.6 Å². The summed E-state index contributed by atoms with van der Waals surface area (Å²) < 4.78 is 43.0. The number of halogens is 3. The average molecular weight is 352 g/mol. The minimum Gasteiger partial charge on any atom is -0.482 e. The van der Waals surface area contributed by atoms with Gasteiger partial charge >= 0.3 is 6.18 Å². The number of aromatic nitrogens is 2. The maximum atomic E-state index is 12.6. The van der Waals surface area contributed by atoms with Crippen molar-refractivity contribution < 1.29 is 27.5 Å². The molecule has 1 aromatic heterocycles. The van der Waals surface area contributed by atoms with Gasteiger partial charge in [0.2, 0.25) is 0 Å². The highest BCUT2D eigenvalue weighted by atomic mass is 19.4. The van der Waals surface area contributed by atoms with Crippen LogP contribution in [0.2, 0.25) is 0 Å². The molecule has 130 valence electrons. The van der Waals surface area contributed by atoms with E-state index in [1.807, 2.05) is 0 Å². The zero-order valence-corrected chi connectivity index (χ0v) is 12.6. The van der Waals surface area contributed by atoms with E-state index in [4.69, 9.17) is 4.74 Å². The number of hydrogen-bond donors (Lipinski definition) is 2. The van der Waals surface area contributed by atoms with Gasteiger partial charge in [-0.1, -0.05) is 6.07 Å². The third kappa shape index (κ3) is 3.84. The number of fused-ring (bicyclic) bond motifs is 1. The smallest absolute Gasteiger partial charge is 0.433 e. The zero-order valence-electron chi connectivity index (χ0n) is 12.6. The number of hydrogen-bond acceptors (Lipinski definition) is 5. The Morgan fingerprint density at radius 3 is 2.84 bits per heavy atom. The lowest BCUT2D eigenvalue weighted by molar-refractivity contribution is -0.141. The van der Waals surface area contributed by atoms with E-state index in [0.29, 0.717) is 29.4 Å². The average Bonchev–Trinajstić information content (AvgIpc) is 2.58. The molecule has 0 spiro atoms. The molecule has 3 rings (SSSR count). The Hall–Kier alpha value is -3.17. The van der Waals surface area contributed by atoms with Crippen molar-refractivity contribution >= 4 is 17.5 Å². The maximum Gasteiger partial charge on any atom is 0.433 e. The number of anilines is 1. The van der Waals surface area contributed by atoms with E-state index in [2.05, 4.69) is 20.6 Å². The van der Waals surface area contributed by atoms with Crippen LogP contribution in [0.4, 0.5) is 18.9 Å². The summed E-state index contributed by atoms with van der Waals surface area (Å²) in [7, 11) is 0. The number of ether oxygens (including phenoxy) is 1. The summed E-state index contributed by atoms with van der Waals surface area (Å²) in [6.07, 6.45) is -3.97. The Morgan fingerprint density at radius 2 is 2.08 bits per heavy atom. The molecular weight excluding hydrogens is 341 g/mol. The van der Waals surface area contributed by atoms with Crippen LogP contribution in [-0.2, 0) is 17.5 Å². The largest absolute Gasteiger partial charge is 0.482 e. The van der Waals surface area contributed by atoms with Gasteiger partial charge in [-0.15, -0.1) is 0 Å². The number of amides is 2. The Bertz CT molecular complexity index is 839. The first-order valence-corrected chi connectivity index (χ1v) is 7.06. The number of benzene rings is 1. The molecule has 0 radical (unpaired) electrons. The van der Waals surface area contributed by atoms with Crippen molar-refractivity contribution in [3.63, 3.8) is 0 Å². The SMILES string of the molecule is O=C1COc2ccc(CNC(=O)c3cc(C(F)(F)F)ncn3)cc2N1. The highest BCUT2D eigenvalue weighted by Crippen LogP contribution is 2.29. The van der Waals surface area contributed by atoms with Crippen LogP contribution >= 0.6 is 0 Å². The van der Waals surface area contributed by atoms with Gasteiger partial charge in [0.1, 0.15) is 23.5 Å². The van der Waals surface area contributed by atoms with Crippen molar-refractivity contribution in [3.05, 3.63) is 47.5 Å². The van der Waals surface area contributed by atoms with Crippen LogP contribution < -0.4 is 15.4 Å². The molecule has 1 aromatic carbocycles. The summed E-state index contributed by atoms with van der Waals surface area (Å²) in [6, 6.07) is 5.48. The van der Waals surface area contributed by atoms with Gasteiger partial charge in [-0.05, 0) is 17.7 Å². The van der Waals surface area contributed by atoms with Crippen LogP contribution in [0, 0.1) is 0 Å². The Morgan fingerprint density at radius 1 is 1.28 bits per heavy atom. The number of carbonyl (C=O) groups is 2. The van der Waals surface area contributed by atoms with E-state index in [1.165, 1.54) is 0 Å². The fourth-order valence-electron chi connectivity index (χ4n) is 2.15. The van der Waals surface area contributed by atoms with Gasteiger partial charge in [0.25, 0.3) is 11.8 Å². The predicted molar refractivity (Wildman–Crippen MR) is 78.8 cm³/mol. The zero-order chi connectivity index (χ0) is 18.0. The van der Waals surface area contributed by atoms with Gasteiger partial charge in [-0.25, -0.2) is 9.97 Å². The molecule has 7 nitrogen and oxygen atoms in total. The van der Waals surface area contributed by atoms with Gasteiger partial charge in [0.15, 0.2) is 6.61 Å². The van der Waals surface area contributed by atoms with E-state index in [1.54, 1.807) is 18.2 Å². The number of nitrogens with zero attached hydrogens (tertiary/aromatic N) is 2. The summed E-state index contributed by atoms with van der Waals surface area (Å²) in [5.41, 5.74) is -0.495. The van der Waals surface area contributed by atoms with E-state index in [9.17, 15) is 22.8 Å². The monoisotopic (exact) mass is 352 g/mol. The first kappa shape index (κ1) is 16.7. The summed E-state index contributed by atoms with van der Waals surface area (Å²) in [5.74, 6) is -0.569. The lowest BCUT2D eigenvalue weighted by atomic mass is 10.1. The van der Waals surface area contributed by atoms with Crippen LogP contribution in [0.25, 0.3) is 0 Å². The number of carbonyl (C=O) groups excluding carboxylic acids is 2. The molecule has 0 fully saturated rings. The van der Waals surface area contributed by atoms with Gasteiger partial charge in [-0.2, -0.15) is 13.2 Å². The molecule has 2 amide bonds. The van der Waals surface area contributed by atoms with Gasteiger partial charge in [0.05, 0.1) is 5.69 Å². The number of alkyl halides is 3. The summed E-state index contributed by atoms with van der Waals surface area (Å²) in [5, 5.41) is 5.08. The Balaban J connectivity index is 1.69. The van der Waals surface area contributed by atoms with Gasteiger partial charge in [-0.3, -0.25) is 9.59 Å². The summed E-state index contributed by atoms with van der Waals surface area (Å²) in [6.45, 7) is -0.0360. The second-order valence-electron chi connectivity index (χ2n) is 5.14. The minimum atomic E-state index is -4.66. The van der Waals surface area contributed by atoms with Crippen molar-refractivity contribution in [1.82, 2.24) is 15.3 Å². The van der Waals surface area contributed by atoms with Gasteiger partial charge in [0, 0.05) is 12.6 Å². The molecule has 1 aliphatic heterocycles. The Kier molecular flexibility index (Phi) is 4.26. The topological polar surface area (TPSA) is 93.2 Å². The maximum absolute atomic E-state index is 12.6. The first-order valence-electron chi connectivity index (χ1n) is 7.06. The molecule has 0 aliphatic carbocycles. The summed E-state index contributed by atoms with van der Waals surface area (Å²) >= 11 is 0. The van der Waals surface area contributed by atoms with Crippen molar-refractivity contribution in [2.75, 3.05) is 11.9 Å². The van der Waals surface area contributed by atoms with Crippen LogP contribution in [0.3, 0.4) is 0 Å². The van der Waals surface area contributed by atoms with Crippen molar-refractivity contribution in [2.45, 2.75) is 12.7 Å². The molecule has 0 saturated heterocycles. The van der Waals surface area contributed by atoms with Crippen LogP contribution in [0.1, 0.15) is 21.7 Å². The van der Waals surface area contributed by atoms with E-state index in [0.717, 1.165) is 0 Å². The molecular formula is C15H11F3N4O3. The second-order valence-corrected chi connectivity index (χ2v) is 5.14. The standard InChI is InChI=1S/C15H11F3N4O3/c16-15(17,18)12-4-10(20-7-21-12)14(24)19-5-8-1-2-11-9(3-8)22-13(23)6-25-11/h1-4,7H,5-6H2,(H,19,24)(H,22,23). The van der Waals surface area contributed by atoms with Gasteiger partial charge < -0.3 is 15.4 Å². The fraction of sp³-hybridized carbons (Fsp3) is 0.200. The second kappa shape index (κ2) is 6.38. The normalized spacial score (nSPS) is 13.5. The predicted octanol–water partition coefficient (Wildman–Crippen LogP) is 1.76. The molecule has 0 atom stereocenters. The highest BCUT2D eigenvalue weighted by Gasteiger charge is 2.33. The fourth-order valence-corrected chi connectivity index (χ4v) is 2.15. The lowest BCUT2D eigenvalue weighted by Crippen LogP contribution is -2.26. The quantitative estimate of drug-likeness (QED) is 0.878. The van der Waals surface area contributed by atoms with Crippen molar-refractivity contribution in [1.29, 1.82) is 0 Å². The molecule has 0 bridgehead atoms. The molecule has 25 heavy (non-hydrogen) atoms. The van der Waals surface area contributed by atoms with Crippen molar-refractivity contribution in [3.8, 4) is 5.75 Å². The Labute approximate surface area is 139 Å². The molecule has 2 aromatic rings. The third-order valence-corrected chi connectivity index (χ3v) is 3.32. The summed E-state index contributed by atoms with van der Waals surface area (Å²) in [4.78, 5) is 29.9. The number of rotatable bonds is 3. The van der Waals surface area contributed by atoms with Crippen LogP contribution in [0.5, 0.6) is 5.75 Å². The molecule has 2 N–H and O–H groups in total. The molecule has 0 unspecified atom stereocenters. The third-order valence-electron chi connectivity index (χ3n) is 3.32. The first-order chi connectivity index (χ1) is 11.8. The minimum absolute atomic E-state index is 0.0351. The van der Waals surface area contributed by atoms with E-state index in [-0.39, 0.29) is 19.1 Å². The van der Waals surface area contributed by atoms with E-state index >= 15 is 0 Å². The number of nitrogens with one attached hydrogen (secondary N) is 2. The lowest BCUT2D eigenvalue weighted by Gasteiger charge is -2.18.